The number of nitrogens with zero attached hydrogens (tertiary/aromatic N) is 1. The smallest absolute Gasteiger partial charge is 0.233 e. The number of hydrogen-bond donors (Lipinski definition) is 1. The van der Waals surface area contributed by atoms with Crippen molar-refractivity contribution in [2.24, 2.45) is 0 Å². The molecular weight excluding hydrogens is 332 g/mol. The molecule has 0 aliphatic heterocycles. The molecule has 1 N–H and O–H groups in total. The van der Waals surface area contributed by atoms with Crippen molar-refractivity contribution in [3.05, 3.63) is 60.2 Å². The Labute approximate surface area is 153 Å². The molecule has 0 heterocycles. The Hall–Kier alpha value is -2.27. The molecule has 0 aliphatic rings. The van der Waals surface area contributed by atoms with Crippen LogP contribution in [0, 0.1) is 0 Å². The van der Waals surface area contributed by atoms with Gasteiger partial charge in [-0.1, -0.05) is 30.3 Å². The molecule has 5 heteroatoms. The third kappa shape index (κ3) is 6.27. The van der Waals surface area contributed by atoms with Crippen LogP contribution in [-0.4, -0.2) is 28.5 Å². The van der Waals surface area contributed by atoms with Gasteiger partial charge in [-0.15, -0.1) is 11.8 Å². The van der Waals surface area contributed by atoms with E-state index in [1.807, 2.05) is 73.3 Å². The van der Waals surface area contributed by atoms with E-state index >= 15 is 0 Å². The molecule has 2 amide bonds. The summed E-state index contributed by atoms with van der Waals surface area (Å²) in [5.41, 5.74) is 1.89. The molecule has 0 bridgehead atoms. The number of anilines is 1. The average molecular weight is 356 g/mol. The van der Waals surface area contributed by atoms with Crippen LogP contribution < -0.4 is 5.32 Å². The molecule has 0 aliphatic carbocycles. The van der Waals surface area contributed by atoms with Crippen LogP contribution in [-0.2, 0) is 16.1 Å². The van der Waals surface area contributed by atoms with Gasteiger partial charge in [0, 0.05) is 30.1 Å². The first-order chi connectivity index (χ1) is 12.0. The van der Waals surface area contributed by atoms with Crippen molar-refractivity contribution in [2.45, 2.75) is 38.3 Å². The quantitative estimate of drug-likeness (QED) is 0.757. The zero-order valence-electron chi connectivity index (χ0n) is 14.9. The highest BCUT2D eigenvalue weighted by Gasteiger charge is 2.17. The number of thioether (sulfide) groups is 1. The molecule has 25 heavy (non-hydrogen) atoms. The summed E-state index contributed by atoms with van der Waals surface area (Å²) < 4.78 is 0. The zero-order chi connectivity index (χ0) is 18.2. The summed E-state index contributed by atoms with van der Waals surface area (Å²) in [7, 11) is 0. The maximum atomic E-state index is 12.6. The van der Waals surface area contributed by atoms with Gasteiger partial charge >= 0.3 is 0 Å². The van der Waals surface area contributed by atoms with Crippen molar-refractivity contribution < 1.29 is 9.59 Å². The van der Waals surface area contributed by atoms with E-state index in [1.54, 1.807) is 0 Å². The molecule has 0 spiro atoms. The van der Waals surface area contributed by atoms with E-state index < -0.39 is 0 Å². The highest BCUT2D eigenvalue weighted by Crippen LogP contribution is 2.21. The van der Waals surface area contributed by atoms with Crippen molar-refractivity contribution in [3.63, 3.8) is 0 Å². The summed E-state index contributed by atoms with van der Waals surface area (Å²) in [6.45, 7) is 6.18. The van der Waals surface area contributed by atoms with Crippen LogP contribution in [0.25, 0.3) is 0 Å². The second-order valence-electron chi connectivity index (χ2n) is 6.10. The van der Waals surface area contributed by atoms with E-state index in [1.165, 1.54) is 18.7 Å². The molecular formula is C20H24N2O2S. The summed E-state index contributed by atoms with van der Waals surface area (Å²) in [4.78, 5) is 26.6. The highest BCUT2D eigenvalue weighted by atomic mass is 32.2. The SMILES string of the molecule is CC(=O)Nc1ccc(SCC(=O)N(Cc2ccccc2)C(C)C)cc1. The van der Waals surface area contributed by atoms with E-state index in [9.17, 15) is 9.59 Å². The Kier molecular flexibility index (Phi) is 7.07. The molecule has 132 valence electrons. The first kappa shape index (κ1) is 19.1. The minimum absolute atomic E-state index is 0.0935. The van der Waals surface area contributed by atoms with Gasteiger partial charge in [0.1, 0.15) is 0 Å². The standard InChI is InChI=1S/C20H24N2O2S/c1-15(2)22(13-17-7-5-4-6-8-17)20(24)14-25-19-11-9-18(10-12-19)21-16(3)23/h4-12,15H,13-14H2,1-3H3,(H,21,23). The van der Waals surface area contributed by atoms with Gasteiger partial charge in [0.25, 0.3) is 0 Å². The molecule has 0 saturated heterocycles. The lowest BCUT2D eigenvalue weighted by atomic mass is 10.2. The molecule has 0 fully saturated rings. The monoisotopic (exact) mass is 356 g/mol. The van der Waals surface area contributed by atoms with Crippen molar-refractivity contribution in [1.82, 2.24) is 4.90 Å². The molecule has 0 unspecified atom stereocenters. The number of amides is 2. The van der Waals surface area contributed by atoms with E-state index in [4.69, 9.17) is 0 Å². The van der Waals surface area contributed by atoms with Crippen molar-refractivity contribution >= 4 is 29.3 Å². The normalized spacial score (nSPS) is 10.6. The second kappa shape index (κ2) is 9.28. The molecule has 0 saturated carbocycles. The van der Waals surface area contributed by atoms with Crippen LogP contribution in [0.5, 0.6) is 0 Å². The Morgan fingerprint density at radius 2 is 1.68 bits per heavy atom. The number of carbonyl (C=O) groups is 2. The number of hydrogen-bond acceptors (Lipinski definition) is 3. The fourth-order valence-corrected chi connectivity index (χ4v) is 3.19. The topological polar surface area (TPSA) is 49.4 Å². The largest absolute Gasteiger partial charge is 0.335 e. The van der Waals surface area contributed by atoms with Gasteiger partial charge in [-0.2, -0.15) is 0 Å². The highest BCUT2D eigenvalue weighted by molar-refractivity contribution is 8.00. The van der Waals surface area contributed by atoms with Gasteiger partial charge in [0.2, 0.25) is 11.8 Å². The lowest BCUT2D eigenvalue weighted by molar-refractivity contribution is -0.130. The third-order valence-corrected chi connectivity index (χ3v) is 4.67. The molecule has 4 nitrogen and oxygen atoms in total. The zero-order valence-corrected chi connectivity index (χ0v) is 15.7. The van der Waals surface area contributed by atoms with Gasteiger partial charge < -0.3 is 10.2 Å². The molecule has 0 aromatic heterocycles. The van der Waals surface area contributed by atoms with Crippen LogP contribution in [0.15, 0.2) is 59.5 Å². The predicted molar refractivity (Wildman–Crippen MR) is 104 cm³/mol. The Balaban J connectivity index is 1.93. The summed E-state index contributed by atoms with van der Waals surface area (Å²) in [6, 6.07) is 17.7. The molecule has 2 aromatic rings. The van der Waals surface area contributed by atoms with E-state index in [0.717, 1.165) is 16.1 Å². The van der Waals surface area contributed by atoms with Crippen LogP contribution in [0.3, 0.4) is 0 Å². The van der Waals surface area contributed by atoms with Gasteiger partial charge in [-0.25, -0.2) is 0 Å². The molecule has 2 aromatic carbocycles. The third-order valence-electron chi connectivity index (χ3n) is 3.68. The molecule has 0 radical (unpaired) electrons. The van der Waals surface area contributed by atoms with Gasteiger partial charge in [0.05, 0.1) is 5.75 Å². The summed E-state index contributed by atoms with van der Waals surface area (Å²) >= 11 is 1.51. The summed E-state index contributed by atoms with van der Waals surface area (Å²) in [5.74, 6) is 0.420. The predicted octanol–water partition coefficient (Wildman–Crippen LogP) is 4.17. The lowest BCUT2D eigenvalue weighted by Gasteiger charge is -2.27. The average Bonchev–Trinajstić information content (AvgIpc) is 2.59. The Morgan fingerprint density at radius 3 is 2.24 bits per heavy atom. The lowest BCUT2D eigenvalue weighted by Crippen LogP contribution is -2.37. The molecule has 0 atom stereocenters. The Morgan fingerprint density at radius 1 is 1.04 bits per heavy atom. The van der Waals surface area contributed by atoms with Crippen LogP contribution in [0.4, 0.5) is 5.69 Å². The minimum atomic E-state index is -0.0935. The summed E-state index contributed by atoms with van der Waals surface area (Å²) in [5, 5.41) is 2.73. The van der Waals surface area contributed by atoms with Crippen LogP contribution in [0.2, 0.25) is 0 Å². The maximum Gasteiger partial charge on any atom is 0.233 e. The van der Waals surface area contributed by atoms with Crippen LogP contribution >= 0.6 is 11.8 Å². The molecule has 2 rings (SSSR count). The number of rotatable bonds is 7. The van der Waals surface area contributed by atoms with Crippen molar-refractivity contribution in [2.75, 3.05) is 11.1 Å². The number of carbonyl (C=O) groups excluding carboxylic acids is 2. The van der Waals surface area contributed by atoms with Crippen molar-refractivity contribution in [1.29, 1.82) is 0 Å². The van der Waals surface area contributed by atoms with Gasteiger partial charge in [0.15, 0.2) is 0 Å². The van der Waals surface area contributed by atoms with E-state index in [-0.39, 0.29) is 17.9 Å². The summed E-state index contributed by atoms with van der Waals surface area (Å²) in [6.07, 6.45) is 0. The maximum absolute atomic E-state index is 12.6. The van der Waals surface area contributed by atoms with Gasteiger partial charge in [-0.3, -0.25) is 9.59 Å². The fraction of sp³-hybridized carbons (Fsp3) is 0.300. The van der Waals surface area contributed by atoms with E-state index in [0.29, 0.717) is 12.3 Å². The Bertz CT molecular complexity index is 699. The number of nitrogens with one attached hydrogen (secondary N) is 1. The second-order valence-corrected chi connectivity index (χ2v) is 7.14. The first-order valence-corrected chi connectivity index (χ1v) is 9.28. The van der Waals surface area contributed by atoms with E-state index in [2.05, 4.69) is 5.32 Å². The first-order valence-electron chi connectivity index (χ1n) is 8.29. The number of benzene rings is 2. The van der Waals surface area contributed by atoms with Gasteiger partial charge in [-0.05, 0) is 43.7 Å². The van der Waals surface area contributed by atoms with Crippen LogP contribution in [0.1, 0.15) is 26.3 Å². The fourth-order valence-electron chi connectivity index (χ4n) is 2.40. The minimum Gasteiger partial charge on any atom is -0.335 e. The van der Waals surface area contributed by atoms with Crippen molar-refractivity contribution in [3.8, 4) is 0 Å².